The maximum absolute atomic E-state index is 5.75. The first-order valence-corrected chi connectivity index (χ1v) is 5.71. The Kier molecular flexibility index (Phi) is 2.93. The van der Waals surface area contributed by atoms with Crippen molar-refractivity contribution in [2.45, 2.75) is 20.8 Å². The smallest absolute Gasteiger partial charge is 0.148 e. The Morgan fingerprint density at radius 2 is 2.00 bits per heavy atom. The molecule has 0 aliphatic carbocycles. The van der Waals surface area contributed by atoms with Gasteiger partial charge >= 0.3 is 0 Å². The van der Waals surface area contributed by atoms with Gasteiger partial charge in [-0.1, -0.05) is 23.8 Å². The third-order valence-corrected chi connectivity index (χ3v) is 2.74. The average Bonchev–Trinajstić information content (AvgIpc) is 2.57. The average molecular weight is 246 g/mol. The molecule has 5 heteroatoms. The molecule has 0 radical (unpaired) electrons. The predicted octanol–water partition coefficient (Wildman–Crippen LogP) is 1.83. The summed E-state index contributed by atoms with van der Waals surface area (Å²) in [7, 11) is 0. The van der Waals surface area contributed by atoms with Crippen LogP contribution in [0.3, 0.4) is 0 Å². The van der Waals surface area contributed by atoms with Gasteiger partial charge in [0, 0.05) is 5.56 Å². The molecule has 0 spiro atoms. The summed E-state index contributed by atoms with van der Waals surface area (Å²) in [5, 5.41) is 4.34. The third-order valence-electron chi connectivity index (χ3n) is 2.52. The van der Waals surface area contributed by atoms with E-state index >= 15 is 0 Å². The van der Waals surface area contributed by atoms with Crippen LogP contribution < -0.4 is 5.73 Å². The van der Waals surface area contributed by atoms with Crippen LogP contribution in [0.5, 0.6) is 0 Å². The van der Waals surface area contributed by atoms with Gasteiger partial charge in [0.05, 0.1) is 5.69 Å². The Labute approximate surface area is 105 Å². The summed E-state index contributed by atoms with van der Waals surface area (Å²) >= 11 is 5.08. The van der Waals surface area contributed by atoms with E-state index in [0.29, 0.717) is 4.99 Å². The summed E-state index contributed by atoms with van der Waals surface area (Å²) in [4.78, 5) is 4.65. The number of hydrogen-bond donors (Lipinski definition) is 1. The Balaban J connectivity index is 2.67. The predicted molar refractivity (Wildman–Crippen MR) is 71.5 cm³/mol. The van der Waals surface area contributed by atoms with E-state index in [2.05, 4.69) is 10.1 Å². The largest absolute Gasteiger partial charge is 0.389 e. The van der Waals surface area contributed by atoms with Crippen molar-refractivity contribution in [3.8, 4) is 5.69 Å². The molecule has 0 aliphatic heterocycles. The molecule has 0 amide bonds. The van der Waals surface area contributed by atoms with Crippen molar-refractivity contribution in [2.24, 2.45) is 5.73 Å². The molecule has 2 aromatic rings. The van der Waals surface area contributed by atoms with Gasteiger partial charge in [0.1, 0.15) is 16.6 Å². The van der Waals surface area contributed by atoms with Gasteiger partial charge in [0.25, 0.3) is 0 Å². The van der Waals surface area contributed by atoms with Gasteiger partial charge in [-0.15, -0.1) is 0 Å². The van der Waals surface area contributed by atoms with E-state index in [1.165, 1.54) is 0 Å². The molecular formula is C12H14N4S. The molecule has 1 aromatic carbocycles. The number of aromatic nitrogens is 3. The minimum absolute atomic E-state index is 0.372. The van der Waals surface area contributed by atoms with Crippen molar-refractivity contribution >= 4 is 17.2 Å². The maximum atomic E-state index is 5.75. The highest BCUT2D eigenvalue weighted by Crippen LogP contribution is 2.17. The fraction of sp³-hybridized carbons (Fsp3) is 0.250. The molecular weight excluding hydrogens is 232 g/mol. The van der Waals surface area contributed by atoms with Crippen LogP contribution in [0.1, 0.15) is 22.8 Å². The van der Waals surface area contributed by atoms with E-state index in [0.717, 1.165) is 28.5 Å². The molecule has 0 saturated carbocycles. The van der Waals surface area contributed by atoms with Crippen LogP contribution in [0.2, 0.25) is 0 Å². The van der Waals surface area contributed by atoms with E-state index < -0.39 is 0 Å². The highest BCUT2D eigenvalue weighted by atomic mass is 32.1. The van der Waals surface area contributed by atoms with E-state index in [1.54, 1.807) is 4.68 Å². The first kappa shape index (κ1) is 11.7. The minimum atomic E-state index is 0.372. The van der Waals surface area contributed by atoms with Crippen molar-refractivity contribution in [2.75, 3.05) is 0 Å². The molecule has 0 aliphatic rings. The lowest BCUT2D eigenvalue weighted by Gasteiger charge is -2.10. The van der Waals surface area contributed by atoms with Gasteiger partial charge in [-0.2, -0.15) is 5.10 Å². The molecule has 17 heavy (non-hydrogen) atoms. The van der Waals surface area contributed by atoms with Crippen LogP contribution >= 0.6 is 12.2 Å². The molecule has 1 heterocycles. The Morgan fingerprint density at radius 3 is 2.53 bits per heavy atom. The first-order valence-electron chi connectivity index (χ1n) is 5.30. The summed E-state index contributed by atoms with van der Waals surface area (Å²) in [5.41, 5.74) is 8.57. The number of benzene rings is 1. The molecule has 1 aromatic heterocycles. The van der Waals surface area contributed by atoms with Crippen LogP contribution in [0, 0.1) is 20.8 Å². The Bertz CT molecular complexity index is 586. The van der Waals surface area contributed by atoms with Crippen molar-refractivity contribution in [1.29, 1.82) is 0 Å². The summed E-state index contributed by atoms with van der Waals surface area (Å²) in [6.07, 6.45) is 0. The molecule has 0 saturated heterocycles. The van der Waals surface area contributed by atoms with E-state index in [9.17, 15) is 0 Å². The Hall–Kier alpha value is -1.75. The summed E-state index contributed by atoms with van der Waals surface area (Å²) in [6, 6.07) is 5.94. The minimum Gasteiger partial charge on any atom is -0.389 e. The maximum Gasteiger partial charge on any atom is 0.148 e. The van der Waals surface area contributed by atoms with Crippen molar-refractivity contribution in [3.05, 3.63) is 41.0 Å². The lowest BCUT2D eigenvalue weighted by Crippen LogP contribution is -2.15. The van der Waals surface area contributed by atoms with Gasteiger partial charge in [-0.25, -0.2) is 9.67 Å². The zero-order valence-electron chi connectivity index (χ0n) is 10.1. The van der Waals surface area contributed by atoms with E-state index in [-0.39, 0.29) is 0 Å². The number of nitrogens with two attached hydrogens (primary N) is 1. The topological polar surface area (TPSA) is 56.7 Å². The van der Waals surface area contributed by atoms with Crippen molar-refractivity contribution in [3.63, 3.8) is 0 Å². The number of nitrogens with zero attached hydrogens (tertiary/aromatic N) is 3. The zero-order chi connectivity index (χ0) is 12.6. The van der Waals surface area contributed by atoms with Crippen molar-refractivity contribution in [1.82, 2.24) is 14.8 Å². The normalized spacial score (nSPS) is 10.5. The third kappa shape index (κ3) is 2.19. The molecule has 4 nitrogen and oxygen atoms in total. The molecule has 0 bridgehead atoms. The standard InChI is InChI=1S/C12H14N4S/c1-7-4-5-11(10(6-7)12(13)17)16-9(3)14-8(2)15-16/h4-6H,1-3H3,(H2,13,17). The van der Waals surface area contributed by atoms with Crippen LogP contribution in [-0.2, 0) is 0 Å². The van der Waals surface area contributed by atoms with Gasteiger partial charge in [-0.3, -0.25) is 0 Å². The molecule has 0 unspecified atom stereocenters. The highest BCUT2D eigenvalue weighted by molar-refractivity contribution is 7.80. The zero-order valence-corrected chi connectivity index (χ0v) is 10.9. The summed E-state index contributed by atoms with van der Waals surface area (Å²) in [5.74, 6) is 1.56. The molecule has 2 rings (SSSR count). The molecule has 0 atom stereocenters. The fourth-order valence-corrected chi connectivity index (χ4v) is 1.94. The SMILES string of the molecule is Cc1ccc(-n2nc(C)nc2C)c(C(N)=S)c1. The van der Waals surface area contributed by atoms with Gasteiger partial charge in [-0.05, 0) is 32.9 Å². The van der Waals surface area contributed by atoms with E-state index in [4.69, 9.17) is 18.0 Å². The van der Waals surface area contributed by atoms with Crippen LogP contribution in [0.4, 0.5) is 0 Å². The number of aryl methyl sites for hydroxylation is 3. The van der Waals surface area contributed by atoms with Gasteiger partial charge in [0.2, 0.25) is 0 Å². The van der Waals surface area contributed by atoms with Crippen LogP contribution in [-0.4, -0.2) is 19.8 Å². The summed E-state index contributed by atoms with van der Waals surface area (Å²) in [6.45, 7) is 5.77. The molecule has 0 fully saturated rings. The van der Waals surface area contributed by atoms with Gasteiger partial charge < -0.3 is 5.73 Å². The summed E-state index contributed by atoms with van der Waals surface area (Å²) < 4.78 is 1.77. The first-order chi connectivity index (χ1) is 7.99. The quantitative estimate of drug-likeness (QED) is 0.821. The number of rotatable bonds is 2. The monoisotopic (exact) mass is 246 g/mol. The lowest BCUT2D eigenvalue weighted by atomic mass is 10.1. The lowest BCUT2D eigenvalue weighted by molar-refractivity contribution is 0.829. The highest BCUT2D eigenvalue weighted by Gasteiger charge is 2.11. The van der Waals surface area contributed by atoms with Crippen LogP contribution in [0.25, 0.3) is 5.69 Å². The molecule has 2 N–H and O–H groups in total. The van der Waals surface area contributed by atoms with Gasteiger partial charge in [0.15, 0.2) is 0 Å². The van der Waals surface area contributed by atoms with Crippen molar-refractivity contribution < 1.29 is 0 Å². The number of thiocarbonyl (C=S) groups is 1. The second-order valence-electron chi connectivity index (χ2n) is 4.00. The van der Waals surface area contributed by atoms with E-state index in [1.807, 2.05) is 39.0 Å². The number of hydrogen-bond acceptors (Lipinski definition) is 3. The fourth-order valence-electron chi connectivity index (χ4n) is 1.78. The second kappa shape index (κ2) is 4.25. The molecule has 88 valence electrons. The second-order valence-corrected chi connectivity index (χ2v) is 4.44. The Morgan fingerprint density at radius 1 is 1.29 bits per heavy atom. The van der Waals surface area contributed by atoms with Crippen LogP contribution in [0.15, 0.2) is 18.2 Å².